The van der Waals surface area contributed by atoms with Crippen molar-refractivity contribution in [2.24, 2.45) is 0 Å². The molecule has 172 valence electrons. The van der Waals surface area contributed by atoms with Crippen molar-refractivity contribution in [1.29, 1.82) is 0 Å². The van der Waals surface area contributed by atoms with Crippen LogP contribution >= 0.6 is 0 Å². The van der Waals surface area contributed by atoms with Crippen LogP contribution in [0.1, 0.15) is 50.5 Å². The molecule has 2 fully saturated rings. The number of nitrogens with one attached hydrogen (secondary N) is 2. The van der Waals surface area contributed by atoms with Gasteiger partial charge in [-0.1, -0.05) is 31.4 Å². The van der Waals surface area contributed by atoms with Crippen LogP contribution in [-0.2, 0) is 20.2 Å². The molecule has 0 bridgehead atoms. The minimum atomic E-state index is -3.89. The number of ether oxygens (including phenoxy) is 2. The second-order valence-corrected chi connectivity index (χ2v) is 10.2. The molecule has 1 amide bonds. The molecule has 2 N–H and O–H groups in total. The van der Waals surface area contributed by atoms with Crippen LogP contribution in [0.25, 0.3) is 0 Å². The number of methoxy groups -OCH3 is 2. The zero-order valence-electron chi connectivity index (χ0n) is 18.5. The maximum atomic E-state index is 13.0. The standard InChI is InChI=1S/C24H30N2O5S/c1-30-20-12-13-21(31-2)22(16-20)32(28,29)26-19-10-8-17(9-11-19)24(14-15-24)23(27)25-18-6-4-3-5-7-18/h8-13,16,18,26H,3-7,14-15H2,1-2H3,(H,25,27). The Kier molecular flexibility index (Phi) is 6.33. The number of hydrogen-bond donors (Lipinski definition) is 2. The van der Waals surface area contributed by atoms with E-state index in [1.807, 2.05) is 12.1 Å². The quantitative estimate of drug-likeness (QED) is 0.624. The summed E-state index contributed by atoms with van der Waals surface area (Å²) in [5.41, 5.74) is 0.861. The van der Waals surface area contributed by atoms with Crippen molar-refractivity contribution in [3.05, 3.63) is 48.0 Å². The Balaban J connectivity index is 1.49. The summed E-state index contributed by atoms with van der Waals surface area (Å²) in [4.78, 5) is 13.0. The van der Waals surface area contributed by atoms with Crippen molar-refractivity contribution in [2.45, 2.75) is 61.3 Å². The molecule has 0 aliphatic heterocycles. The van der Waals surface area contributed by atoms with Gasteiger partial charge in [0, 0.05) is 17.8 Å². The van der Waals surface area contributed by atoms with E-state index in [4.69, 9.17) is 9.47 Å². The molecule has 2 aromatic rings. The predicted octanol–water partition coefficient (Wildman–Crippen LogP) is 3.99. The summed E-state index contributed by atoms with van der Waals surface area (Å²) >= 11 is 0. The highest BCUT2D eigenvalue weighted by Gasteiger charge is 2.51. The maximum absolute atomic E-state index is 13.0. The zero-order chi connectivity index (χ0) is 22.8. The topological polar surface area (TPSA) is 93.7 Å². The van der Waals surface area contributed by atoms with Gasteiger partial charge in [-0.3, -0.25) is 9.52 Å². The smallest absolute Gasteiger partial charge is 0.265 e. The molecule has 0 atom stereocenters. The Morgan fingerprint density at radius 3 is 2.25 bits per heavy atom. The fourth-order valence-corrected chi connectivity index (χ4v) is 5.65. The normalized spacial score (nSPS) is 17.9. The number of amides is 1. The Hall–Kier alpha value is -2.74. The first-order valence-electron chi connectivity index (χ1n) is 11.0. The minimum absolute atomic E-state index is 0.00560. The molecule has 2 aliphatic rings. The van der Waals surface area contributed by atoms with Gasteiger partial charge in [0.05, 0.1) is 19.6 Å². The second kappa shape index (κ2) is 9.02. The monoisotopic (exact) mass is 458 g/mol. The van der Waals surface area contributed by atoms with Crippen molar-refractivity contribution in [1.82, 2.24) is 5.32 Å². The average molecular weight is 459 g/mol. The molecule has 2 saturated carbocycles. The summed E-state index contributed by atoms with van der Waals surface area (Å²) in [5.74, 6) is 0.742. The third-order valence-corrected chi connectivity index (χ3v) is 7.88. The highest BCUT2D eigenvalue weighted by atomic mass is 32.2. The van der Waals surface area contributed by atoms with E-state index in [-0.39, 0.29) is 22.6 Å². The molecule has 0 unspecified atom stereocenters. The molecule has 8 heteroatoms. The van der Waals surface area contributed by atoms with Gasteiger partial charge in [0.1, 0.15) is 16.4 Å². The molecule has 2 aromatic carbocycles. The lowest BCUT2D eigenvalue weighted by Crippen LogP contribution is -2.42. The lowest BCUT2D eigenvalue weighted by Gasteiger charge is -2.25. The van der Waals surface area contributed by atoms with Crippen LogP contribution in [0, 0.1) is 0 Å². The molecule has 2 aliphatic carbocycles. The molecule has 0 spiro atoms. The number of sulfonamides is 1. The second-order valence-electron chi connectivity index (χ2n) is 8.59. The summed E-state index contributed by atoms with van der Waals surface area (Å²) in [5, 5.41) is 3.24. The van der Waals surface area contributed by atoms with Gasteiger partial charge in [0.2, 0.25) is 5.91 Å². The first-order chi connectivity index (χ1) is 15.4. The van der Waals surface area contributed by atoms with Gasteiger partial charge in [-0.2, -0.15) is 0 Å². The third-order valence-electron chi connectivity index (χ3n) is 6.48. The molecule has 32 heavy (non-hydrogen) atoms. The lowest BCUT2D eigenvalue weighted by atomic mass is 9.91. The van der Waals surface area contributed by atoms with Gasteiger partial charge in [-0.25, -0.2) is 8.42 Å². The van der Waals surface area contributed by atoms with Crippen molar-refractivity contribution in [3.63, 3.8) is 0 Å². The van der Waals surface area contributed by atoms with Gasteiger partial charge in [0.15, 0.2) is 0 Å². The zero-order valence-corrected chi connectivity index (χ0v) is 19.3. The van der Waals surface area contributed by atoms with Crippen molar-refractivity contribution in [2.75, 3.05) is 18.9 Å². The molecule has 4 rings (SSSR count). The van der Waals surface area contributed by atoms with Crippen LogP contribution < -0.4 is 19.5 Å². The fourth-order valence-electron chi connectivity index (χ4n) is 4.40. The van der Waals surface area contributed by atoms with Crippen LogP contribution in [0.2, 0.25) is 0 Å². The molecular formula is C24H30N2O5S. The van der Waals surface area contributed by atoms with Crippen molar-refractivity contribution in [3.8, 4) is 11.5 Å². The van der Waals surface area contributed by atoms with Gasteiger partial charge in [-0.15, -0.1) is 0 Å². The first-order valence-corrected chi connectivity index (χ1v) is 12.5. The van der Waals surface area contributed by atoms with Gasteiger partial charge in [0.25, 0.3) is 10.0 Å². The SMILES string of the molecule is COc1ccc(OC)c(S(=O)(=O)Nc2ccc(C3(C(=O)NC4CCCCC4)CC3)cc2)c1. The molecule has 0 aromatic heterocycles. The molecule has 0 heterocycles. The van der Waals surface area contributed by atoms with Crippen molar-refractivity contribution >= 4 is 21.6 Å². The largest absolute Gasteiger partial charge is 0.497 e. The van der Waals surface area contributed by atoms with E-state index in [0.29, 0.717) is 11.4 Å². The van der Waals surface area contributed by atoms with Crippen LogP contribution in [0.3, 0.4) is 0 Å². The Morgan fingerprint density at radius 2 is 1.66 bits per heavy atom. The summed E-state index contributed by atoms with van der Waals surface area (Å²) in [7, 11) is -0.997. The lowest BCUT2D eigenvalue weighted by molar-refractivity contribution is -0.124. The summed E-state index contributed by atoms with van der Waals surface area (Å²) in [6, 6.07) is 12.0. The number of hydrogen-bond acceptors (Lipinski definition) is 5. The van der Waals surface area contributed by atoms with E-state index in [1.54, 1.807) is 24.3 Å². The number of anilines is 1. The highest BCUT2D eigenvalue weighted by Crippen LogP contribution is 2.49. The van der Waals surface area contributed by atoms with Crippen LogP contribution in [0.15, 0.2) is 47.4 Å². The van der Waals surface area contributed by atoms with E-state index in [2.05, 4.69) is 10.0 Å². The van der Waals surface area contributed by atoms with Gasteiger partial charge >= 0.3 is 0 Å². The highest BCUT2D eigenvalue weighted by molar-refractivity contribution is 7.92. The minimum Gasteiger partial charge on any atom is -0.497 e. The molecular weight excluding hydrogens is 428 g/mol. The predicted molar refractivity (Wildman–Crippen MR) is 123 cm³/mol. The molecule has 0 radical (unpaired) electrons. The number of carbonyl (C=O) groups excluding carboxylic acids is 1. The number of rotatable bonds is 8. The van der Waals surface area contributed by atoms with E-state index >= 15 is 0 Å². The fraction of sp³-hybridized carbons (Fsp3) is 0.458. The number of benzene rings is 2. The Bertz CT molecular complexity index is 1070. The van der Waals surface area contributed by atoms with Gasteiger partial charge in [-0.05, 0) is 55.5 Å². The maximum Gasteiger partial charge on any atom is 0.265 e. The summed E-state index contributed by atoms with van der Waals surface area (Å²) < 4.78 is 38.9. The van der Waals surface area contributed by atoms with Gasteiger partial charge < -0.3 is 14.8 Å². The Morgan fingerprint density at radius 1 is 0.969 bits per heavy atom. The number of carbonyl (C=O) groups is 1. The van der Waals surface area contributed by atoms with E-state index in [9.17, 15) is 13.2 Å². The molecule has 7 nitrogen and oxygen atoms in total. The summed E-state index contributed by atoms with van der Waals surface area (Å²) in [6.45, 7) is 0. The van der Waals surface area contributed by atoms with E-state index in [1.165, 1.54) is 39.5 Å². The van der Waals surface area contributed by atoms with Crippen LogP contribution in [0.4, 0.5) is 5.69 Å². The summed E-state index contributed by atoms with van der Waals surface area (Å²) in [6.07, 6.45) is 7.33. The average Bonchev–Trinajstić information content (AvgIpc) is 3.62. The van der Waals surface area contributed by atoms with Crippen molar-refractivity contribution < 1.29 is 22.7 Å². The Labute approximate surface area is 189 Å². The van der Waals surface area contributed by atoms with Crippen LogP contribution in [-0.4, -0.2) is 34.6 Å². The molecule has 0 saturated heterocycles. The van der Waals surface area contributed by atoms with E-state index < -0.39 is 15.4 Å². The van der Waals surface area contributed by atoms with Crippen LogP contribution in [0.5, 0.6) is 11.5 Å². The van der Waals surface area contributed by atoms with E-state index in [0.717, 1.165) is 31.2 Å². The first kappa shape index (κ1) is 22.5. The third kappa shape index (κ3) is 4.55.